The maximum absolute atomic E-state index is 14.4. The van der Waals surface area contributed by atoms with Crippen molar-refractivity contribution in [3.8, 4) is 0 Å². The molecule has 28 N–H and O–H groups in total. The Balaban J connectivity index is 0.00000174. The lowest BCUT2D eigenvalue weighted by Gasteiger charge is -2.28. The minimum absolute atomic E-state index is 0.00155. The zero-order valence-electron chi connectivity index (χ0n) is 56.0. The molecule has 2 aromatic rings. The van der Waals surface area contributed by atoms with Crippen LogP contribution in [0.25, 0.3) is 0 Å². The number of nitro groups is 1. The number of non-ortho nitro benzene ring substituents is 1. The quantitative estimate of drug-likeness (QED) is 0.0106. The van der Waals surface area contributed by atoms with Crippen LogP contribution in [0.15, 0.2) is 54.6 Å². The first-order chi connectivity index (χ1) is 48.2. The van der Waals surface area contributed by atoms with Crippen molar-refractivity contribution in [2.45, 2.75) is 155 Å². The monoisotopic (exact) mass is 1510 g/mol. The van der Waals surface area contributed by atoms with Crippen molar-refractivity contribution in [1.82, 2.24) is 63.8 Å². The molecule has 0 radical (unpaired) electrons. The van der Waals surface area contributed by atoms with E-state index in [9.17, 15) is 83.0 Å². The third kappa shape index (κ3) is 35.4. The molecule has 10 unspecified atom stereocenters. The summed E-state index contributed by atoms with van der Waals surface area (Å²) in [4.78, 5) is 170. The van der Waals surface area contributed by atoms with E-state index in [0.717, 1.165) is 0 Å². The van der Waals surface area contributed by atoms with Gasteiger partial charge in [-0.2, -0.15) is 8.42 Å². The van der Waals surface area contributed by atoms with Crippen LogP contribution < -0.4 is 92.5 Å². The molecule has 0 spiro atoms. The molecule has 0 aromatic heterocycles. The Morgan fingerprint density at radius 1 is 0.598 bits per heavy atom. The topological polar surface area (TPSA) is 678 Å². The van der Waals surface area contributed by atoms with Gasteiger partial charge in [-0.1, -0.05) is 67.4 Å². The molecule has 1 heterocycles. The van der Waals surface area contributed by atoms with Crippen LogP contribution in [0.4, 0.5) is 5.69 Å². The summed E-state index contributed by atoms with van der Waals surface area (Å²) in [7, 11) is -4.67. The van der Waals surface area contributed by atoms with Crippen molar-refractivity contribution in [2.75, 3.05) is 59.1 Å². The molecule has 574 valence electrons. The van der Waals surface area contributed by atoms with Crippen LogP contribution in [0.3, 0.4) is 0 Å². The Morgan fingerprint density at radius 2 is 1.04 bits per heavy atom. The number of rotatable bonds is 32. The van der Waals surface area contributed by atoms with E-state index >= 15 is 0 Å². The number of nitrogens with one attached hydrogen (secondary N) is 12. The number of carbonyl (C=O) groups excluding carboxylic acids is 12. The van der Waals surface area contributed by atoms with Crippen LogP contribution in [0.2, 0.25) is 0 Å². The van der Waals surface area contributed by atoms with Gasteiger partial charge in [-0.05, 0) is 120 Å². The summed E-state index contributed by atoms with van der Waals surface area (Å²) in [6.45, 7) is 0.776. The van der Waals surface area contributed by atoms with E-state index in [1.807, 2.05) is 0 Å². The zero-order valence-corrected chi connectivity index (χ0v) is 58.3. The Hall–Kier alpha value is -8.43. The van der Waals surface area contributed by atoms with E-state index in [1.54, 1.807) is 44.2 Å². The molecule has 0 bridgehead atoms. The van der Waals surface area contributed by atoms with Crippen LogP contribution in [0.1, 0.15) is 88.9 Å². The van der Waals surface area contributed by atoms with E-state index in [4.69, 9.17) is 74.5 Å². The first-order valence-corrected chi connectivity index (χ1v) is 34.2. The fourth-order valence-corrected chi connectivity index (χ4v) is 9.64. The van der Waals surface area contributed by atoms with E-state index in [1.165, 1.54) is 24.3 Å². The third-order valence-electron chi connectivity index (χ3n) is 14.7. The van der Waals surface area contributed by atoms with Gasteiger partial charge in [0.05, 0.1) is 17.6 Å². The smallest absolute Gasteiger partial charge is 0.394 e. The molecule has 43 heteroatoms. The predicted molar refractivity (Wildman–Crippen MR) is 366 cm³/mol. The SMILES string of the molecule is CC(C)CC1NC(=O)C(Cc2ccccc2)NC(=O)C(CCN)NC(=O)C(NC(=O)C(CCN)NC(=O)C(CCO)NC(=O)C(CCN)NC=O)CCNC(=O)C(CCO)NC(=O)C(CCN)NC(=O)C(CCN)NC1=O.O=C(N[C@H](CO)[C@H](O)c1ccc([N+](=O)[O-])cc1)C(Cl)Cl.O=S(=O)(O)O. The second-order valence-corrected chi connectivity index (χ2v) is 25.0. The highest BCUT2D eigenvalue weighted by Gasteiger charge is 2.37. The lowest BCUT2D eigenvalue weighted by molar-refractivity contribution is -0.384. The number of amides is 12. The molecule has 0 aliphatic carbocycles. The molecule has 102 heavy (non-hydrogen) atoms. The summed E-state index contributed by atoms with van der Waals surface area (Å²) in [5, 5.41) is 79.4. The summed E-state index contributed by atoms with van der Waals surface area (Å²) in [5.74, 6) is -9.88. The van der Waals surface area contributed by atoms with E-state index in [-0.39, 0.29) is 109 Å². The highest BCUT2D eigenvalue weighted by atomic mass is 35.5. The molecule has 1 fully saturated rings. The minimum atomic E-state index is -4.67. The molecule has 12 amide bonds. The number of nitrogens with zero attached hydrogens (tertiary/aromatic N) is 1. The third-order valence-corrected chi connectivity index (χ3v) is 15.1. The van der Waals surface area contributed by atoms with Gasteiger partial charge in [0.1, 0.15) is 66.5 Å². The highest BCUT2D eigenvalue weighted by molar-refractivity contribution is 7.79. The summed E-state index contributed by atoms with van der Waals surface area (Å²) in [6, 6.07) is -1.43. The Labute approximate surface area is 597 Å². The lowest BCUT2D eigenvalue weighted by Crippen LogP contribution is -2.61. The molecule has 1 aliphatic heterocycles. The average Bonchev–Trinajstić information content (AvgIpc) is 0.935. The molecular weight excluding hydrogens is 1420 g/mol. The molecule has 2 aromatic carbocycles. The minimum Gasteiger partial charge on any atom is -0.396 e. The van der Waals surface area contributed by atoms with Crippen LogP contribution >= 0.6 is 23.2 Å². The number of benzene rings is 2. The predicted octanol–water partition coefficient (Wildman–Crippen LogP) is -7.96. The number of halogens is 2. The van der Waals surface area contributed by atoms with E-state index in [2.05, 4.69) is 63.8 Å². The largest absolute Gasteiger partial charge is 0.396 e. The Bertz CT molecular complexity index is 3130. The highest BCUT2D eigenvalue weighted by Crippen LogP contribution is 2.21. The maximum Gasteiger partial charge on any atom is 0.394 e. The second kappa shape index (κ2) is 49.2. The van der Waals surface area contributed by atoms with Gasteiger partial charge in [-0.3, -0.25) is 76.8 Å². The number of nitrogens with two attached hydrogens (primary N) is 5. The first-order valence-electron chi connectivity index (χ1n) is 32.0. The van der Waals surface area contributed by atoms with Gasteiger partial charge in [-0.15, -0.1) is 0 Å². The van der Waals surface area contributed by atoms with Crippen molar-refractivity contribution in [1.29, 1.82) is 0 Å². The van der Waals surface area contributed by atoms with E-state index < -0.39 is 190 Å². The second-order valence-electron chi connectivity index (χ2n) is 23.0. The van der Waals surface area contributed by atoms with Gasteiger partial charge in [0.15, 0.2) is 4.84 Å². The Morgan fingerprint density at radius 3 is 1.48 bits per heavy atom. The van der Waals surface area contributed by atoms with Crippen molar-refractivity contribution in [2.24, 2.45) is 34.6 Å². The molecule has 40 nitrogen and oxygen atoms in total. The van der Waals surface area contributed by atoms with Crippen LogP contribution in [0.5, 0.6) is 0 Å². The van der Waals surface area contributed by atoms with Gasteiger partial charge < -0.3 is 113 Å². The number of aliphatic hydroxyl groups is 4. The summed E-state index contributed by atoms with van der Waals surface area (Å²) in [5.41, 5.74) is 29.8. The first kappa shape index (κ1) is 91.6. The lowest BCUT2D eigenvalue weighted by atomic mass is 10.00. The molecule has 12 atom stereocenters. The van der Waals surface area contributed by atoms with Gasteiger partial charge in [-0.25, -0.2) is 0 Å². The normalized spacial score (nSPS) is 20.4. The Kier molecular flexibility index (Phi) is 44.2. The molecular formula is C59H96Cl2N18O22S. The molecule has 0 saturated carbocycles. The van der Waals surface area contributed by atoms with Crippen molar-refractivity contribution in [3.63, 3.8) is 0 Å². The molecule has 3 rings (SSSR count). The number of hydrogen-bond donors (Lipinski definition) is 23. The number of nitro benzene ring substituents is 1. The van der Waals surface area contributed by atoms with Crippen LogP contribution in [0, 0.1) is 16.0 Å². The summed E-state index contributed by atoms with van der Waals surface area (Å²) >= 11 is 10.7. The number of aliphatic hydroxyl groups excluding tert-OH is 4. The van der Waals surface area contributed by atoms with E-state index in [0.29, 0.717) is 11.1 Å². The van der Waals surface area contributed by atoms with Crippen LogP contribution in [-0.4, -0.2) is 245 Å². The van der Waals surface area contributed by atoms with Crippen molar-refractivity contribution < 1.29 is 100 Å². The van der Waals surface area contributed by atoms with Crippen LogP contribution in [-0.2, 0) is 74.4 Å². The fraction of sp³-hybridized carbons (Fsp3) is 0.593. The van der Waals surface area contributed by atoms with Gasteiger partial charge in [0, 0.05) is 38.3 Å². The standard InChI is InChI=1S/C48H82N16O13.C11H12Cl2N2O5.H2O4S/c1-27(2)24-37-47(76)59-32(11-19-52)41(70)56-31(10-18-51)43(72)61-35(14-22-65)39(68)54-21-13-34(45(74)57-33(12-20-53)44(73)64-38(48(77)63-37)25-28-6-4-3-5-7-28)60-42(71)30(9-17-50)58-46(75)36(15-23-66)62-40(69)29(8-16-49)55-26-67;12-10(13)11(18)14-8(5-16)9(17)6-1-3-7(4-2-6)15(19)20;1-5(2,3)4/h3-7,26-27,29-38,65-66H,8-25,49-53H2,1-2H3,(H,54,68)(H,55,67)(H,56,70)(H,57,74)(H,58,75)(H,59,76)(H,60,71)(H,61,72)(H,62,69)(H,63,77)(H,64,73);1-4,8-10,16-17H,5H2,(H,14,18);(H2,1,2,3,4)/t;8-,9-;/m.1./s1. The number of alkyl halides is 2. The zero-order chi connectivity index (χ0) is 77.2. The van der Waals surface area contributed by atoms with Crippen molar-refractivity contribution >= 4 is 111 Å². The average molecular weight is 1510 g/mol. The number of hydrogen-bond acceptors (Lipinski definition) is 25. The maximum atomic E-state index is 14.4. The van der Waals surface area contributed by atoms with Gasteiger partial charge in [0.2, 0.25) is 65.5 Å². The molecule has 1 saturated heterocycles. The fourth-order valence-electron chi connectivity index (χ4n) is 9.52. The van der Waals surface area contributed by atoms with Gasteiger partial charge >= 0.3 is 10.4 Å². The van der Waals surface area contributed by atoms with Gasteiger partial charge in [0.25, 0.3) is 11.6 Å². The number of carbonyl (C=O) groups is 12. The van der Waals surface area contributed by atoms with Crippen molar-refractivity contribution in [3.05, 3.63) is 75.8 Å². The molecule has 1 aliphatic rings. The summed E-state index contributed by atoms with van der Waals surface area (Å²) in [6.07, 6.45) is -2.86. The summed E-state index contributed by atoms with van der Waals surface area (Å²) < 4.78 is 31.6.